The lowest BCUT2D eigenvalue weighted by molar-refractivity contribution is -0.139. The monoisotopic (exact) mass is 342 g/mol. The number of aliphatic hydroxyl groups is 1. The Kier molecular flexibility index (Phi) is 13.4. The van der Waals surface area contributed by atoms with Crippen LogP contribution < -0.4 is 0 Å². The van der Waals surface area contributed by atoms with Gasteiger partial charge in [-0.15, -0.1) is 0 Å². The summed E-state index contributed by atoms with van der Waals surface area (Å²) in [6.45, 7) is 11.3. The first-order valence-corrected chi connectivity index (χ1v) is 10.1. The molecule has 0 aromatic carbocycles. The molecule has 0 aromatic rings. The van der Waals surface area contributed by atoms with Crippen LogP contribution in [0, 0.1) is 23.7 Å². The predicted molar refractivity (Wildman–Crippen MR) is 102 cm³/mol. The minimum atomic E-state index is -0.912. The minimum absolute atomic E-state index is 0.0780. The van der Waals surface area contributed by atoms with Gasteiger partial charge in [-0.05, 0) is 30.1 Å². The van der Waals surface area contributed by atoms with Crippen molar-refractivity contribution < 1.29 is 15.0 Å². The van der Waals surface area contributed by atoms with E-state index in [0.717, 1.165) is 30.6 Å². The molecule has 144 valence electrons. The molecule has 0 saturated carbocycles. The highest BCUT2D eigenvalue weighted by atomic mass is 16.4. The van der Waals surface area contributed by atoms with E-state index in [-0.39, 0.29) is 12.3 Å². The standard InChI is InChI=1S/C21H42O3/c1-16(2)9-6-10-17(3)11-7-12-18(4)13-8-14-19(5)20(22)15-21(23)24/h16-20,22H,6-15H2,1-5H3,(H,23,24)/t17-,18-,19+,20+/m0/s1. The molecular formula is C21H42O3. The number of carboxylic acids is 1. The van der Waals surface area contributed by atoms with Crippen LogP contribution >= 0.6 is 0 Å². The first-order valence-electron chi connectivity index (χ1n) is 10.1. The van der Waals surface area contributed by atoms with Crippen LogP contribution in [0.2, 0.25) is 0 Å². The minimum Gasteiger partial charge on any atom is -0.481 e. The van der Waals surface area contributed by atoms with Crippen LogP contribution in [0.15, 0.2) is 0 Å². The zero-order chi connectivity index (χ0) is 18.5. The van der Waals surface area contributed by atoms with Crippen molar-refractivity contribution in [3.63, 3.8) is 0 Å². The molecule has 0 bridgehead atoms. The summed E-state index contributed by atoms with van der Waals surface area (Å²) in [6, 6.07) is 0. The number of carbonyl (C=O) groups is 1. The highest BCUT2D eigenvalue weighted by Gasteiger charge is 2.17. The second kappa shape index (κ2) is 13.7. The van der Waals surface area contributed by atoms with E-state index < -0.39 is 12.1 Å². The van der Waals surface area contributed by atoms with E-state index in [1.54, 1.807) is 0 Å². The van der Waals surface area contributed by atoms with Gasteiger partial charge in [0.2, 0.25) is 0 Å². The maximum atomic E-state index is 10.6. The SMILES string of the molecule is CC(C)CCC[C@H](C)CCC[C@H](C)CCC[C@@H](C)[C@H](O)CC(=O)O. The van der Waals surface area contributed by atoms with Crippen molar-refractivity contribution >= 4 is 5.97 Å². The first-order chi connectivity index (χ1) is 11.2. The van der Waals surface area contributed by atoms with Crippen LogP contribution in [-0.4, -0.2) is 22.3 Å². The third-order valence-corrected chi connectivity index (χ3v) is 5.27. The highest BCUT2D eigenvalue weighted by molar-refractivity contribution is 5.67. The van der Waals surface area contributed by atoms with Gasteiger partial charge in [0.15, 0.2) is 0 Å². The summed E-state index contributed by atoms with van der Waals surface area (Å²) in [6.07, 6.45) is 10.4. The van der Waals surface area contributed by atoms with E-state index in [4.69, 9.17) is 5.11 Å². The van der Waals surface area contributed by atoms with Gasteiger partial charge in [-0.25, -0.2) is 0 Å². The third kappa shape index (κ3) is 13.8. The van der Waals surface area contributed by atoms with Gasteiger partial charge in [0.1, 0.15) is 0 Å². The number of hydrogen-bond donors (Lipinski definition) is 2. The fraction of sp³-hybridized carbons (Fsp3) is 0.952. The molecule has 2 N–H and O–H groups in total. The summed E-state index contributed by atoms with van der Waals surface area (Å²) < 4.78 is 0. The van der Waals surface area contributed by atoms with Crippen LogP contribution in [0.25, 0.3) is 0 Å². The largest absolute Gasteiger partial charge is 0.481 e. The number of aliphatic carboxylic acids is 1. The van der Waals surface area contributed by atoms with Crippen molar-refractivity contribution in [2.45, 2.75) is 105 Å². The van der Waals surface area contributed by atoms with Crippen LogP contribution in [0.3, 0.4) is 0 Å². The first kappa shape index (κ1) is 23.4. The lowest BCUT2D eigenvalue weighted by Gasteiger charge is -2.18. The van der Waals surface area contributed by atoms with Gasteiger partial charge in [-0.2, -0.15) is 0 Å². The molecule has 0 unspecified atom stereocenters. The van der Waals surface area contributed by atoms with Crippen molar-refractivity contribution in [3.05, 3.63) is 0 Å². The Hall–Kier alpha value is -0.570. The maximum absolute atomic E-state index is 10.6. The van der Waals surface area contributed by atoms with Crippen LogP contribution in [0.4, 0.5) is 0 Å². The van der Waals surface area contributed by atoms with Crippen molar-refractivity contribution in [1.82, 2.24) is 0 Å². The summed E-state index contributed by atoms with van der Waals surface area (Å²) in [5.74, 6) is 1.58. The second-order valence-corrected chi connectivity index (χ2v) is 8.54. The van der Waals surface area contributed by atoms with Gasteiger partial charge in [-0.1, -0.05) is 86.0 Å². The molecule has 0 saturated heterocycles. The Labute approximate surface area is 150 Å². The molecule has 3 nitrogen and oxygen atoms in total. The molecule has 0 spiro atoms. The summed E-state index contributed by atoms with van der Waals surface area (Å²) in [4.78, 5) is 10.6. The van der Waals surface area contributed by atoms with E-state index >= 15 is 0 Å². The van der Waals surface area contributed by atoms with Gasteiger partial charge in [0.05, 0.1) is 12.5 Å². The summed E-state index contributed by atoms with van der Waals surface area (Å²) in [5.41, 5.74) is 0. The smallest absolute Gasteiger partial charge is 0.305 e. The molecule has 4 atom stereocenters. The number of carboxylic acid groups (broad SMARTS) is 1. The molecule has 0 radical (unpaired) electrons. The van der Waals surface area contributed by atoms with E-state index in [2.05, 4.69) is 27.7 Å². The quantitative estimate of drug-likeness (QED) is 0.390. The summed E-state index contributed by atoms with van der Waals surface area (Å²) >= 11 is 0. The zero-order valence-electron chi connectivity index (χ0n) is 16.8. The average Bonchev–Trinajstić information content (AvgIpc) is 2.45. The lowest BCUT2D eigenvalue weighted by atomic mass is 9.90. The summed E-state index contributed by atoms with van der Waals surface area (Å²) in [7, 11) is 0. The third-order valence-electron chi connectivity index (χ3n) is 5.27. The molecule has 0 fully saturated rings. The molecule has 0 heterocycles. The molecule has 0 aliphatic rings. The topological polar surface area (TPSA) is 57.5 Å². The van der Waals surface area contributed by atoms with Crippen molar-refractivity contribution in [2.24, 2.45) is 23.7 Å². The molecule has 24 heavy (non-hydrogen) atoms. The normalized spacial score (nSPS) is 16.8. The van der Waals surface area contributed by atoms with Gasteiger partial charge < -0.3 is 10.2 Å². The van der Waals surface area contributed by atoms with E-state index in [1.165, 1.54) is 44.9 Å². The van der Waals surface area contributed by atoms with Crippen LogP contribution in [0.5, 0.6) is 0 Å². The molecule has 0 rings (SSSR count). The van der Waals surface area contributed by atoms with Crippen molar-refractivity contribution in [3.8, 4) is 0 Å². The van der Waals surface area contributed by atoms with Gasteiger partial charge in [0.25, 0.3) is 0 Å². The molecular weight excluding hydrogens is 300 g/mol. The highest BCUT2D eigenvalue weighted by Crippen LogP contribution is 2.23. The zero-order valence-corrected chi connectivity index (χ0v) is 16.8. The average molecular weight is 343 g/mol. The van der Waals surface area contributed by atoms with Gasteiger partial charge >= 0.3 is 5.97 Å². The second-order valence-electron chi connectivity index (χ2n) is 8.54. The lowest BCUT2D eigenvalue weighted by Crippen LogP contribution is -2.21. The Morgan fingerprint density at radius 2 is 1.17 bits per heavy atom. The molecule has 3 heteroatoms. The molecule has 0 aromatic heterocycles. The Balaban J connectivity index is 3.65. The fourth-order valence-corrected chi connectivity index (χ4v) is 3.34. The number of rotatable bonds is 15. The molecule has 0 amide bonds. The number of hydrogen-bond acceptors (Lipinski definition) is 2. The predicted octanol–water partition coefficient (Wildman–Crippen LogP) is 5.90. The van der Waals surface area contributed by atoms with Gasteiger partial charge in [0, 0.05) is 0 Å². The number of aliphatic hydroxyl groups excluding tert-OH is 1. The van der Waals surface area contributed by atoms with E-state index in [1.807, 2.05) is 6.92 Å². The maximum Gasteiger partial charge on any atom is 0.305 e. The van der Waals surface area contributed by atoms with Crippen LogP contribution in [0.1, 0.15) is 98.8 Å². The van der Waals surface area contributed by atoms with E-state index in [9.17, 15) is 9.90 Å². The molecule has 0 aliphatic heterocycles. The Morgan fingerprint density at radius 1 is 0.750 bits per heavy atom. The Morgan fingerprint density at radius 3 is 1.58 bits per heavy atom. The summed E-state index contributed by atoms with van der Waals surface area (Å²) in [5, 5.41) is 18.5. The Bertz CT molecular complexity index is 314. The fourth-order valence-electron chi connectivity index (χ4n) is 3.34. The van der Waals surface area contributed by atoms with Gasteiger partial charge in [-0.3, -0.25) is 4.79 Å². The van der Waals surface area contributed by atoms with Crippen molar-refractivity contribution in [1.29, 1.82) is 0 Å². The van der Waals surface area contributed by atoms with Crippen molar-refractivity contribution in [2.75, 3.05) is 0 Å². The van der Waals surface area contributed by atoms with E-state index in [0.29, 0.717) is 0 Å². The molecule has 0 aliphatic carbocycles. The van der Waals surface area contributed by atoms with Crippen LogP contribution in [-0.2, 0) is 4.79 Å².